The largest absolute Gasteiger partial charge is 0.497 e. The van der Waals surface area contributed by atoms with Crippen LogP contribution in [-0.2, 0) is 9.59 Å². The van der Waals surface area contributed by atoms with Gasteiger partial charge in [0.05, 0.1) is 19.9 Å². The number of methoxy groups -OCH3 is 2. The molecule has 0 radical (unpaired) electrons. The van der Waals surface area contributed by atoms with Crippen LogP contribution in [0.2, 0.25) is 0 Å². The lowest BCUT2D eigenvalue weighted by Gasteiger charge is -2.40. The maximum atomic E-state index is 13.9. The van der Waals surface area contributed by atoms with Crippen molar-refractivity contribution in [1.82, 2.24) is 0 Å². The van der Waals surface area contributed by atoms with Crippen LogP contribution >= 0.6 is 0 Å². The number of rotatable bonds is 5. The van der Waals surface area contributed by atoms with Crippen molar-refractivity contribution < 1.29 is 19.1 Å². The molecule has 6 nitrogen and oxygen atoms in total. The van der Waals surface area contributed by atoms with Crippen molar-refractivity contribution in [3.63, 3.8) is 0 Å². The summed E-state index contributed by atoms with van der Waals surface area (Å²) in [6, 6.07) is 19.8. The summed E-state index contributed by atoms with van der Waals surface area (Å²) in [5.74, 6) is 0.712. The van der Waals surface area contributed by atoms with Crippen molar-refractivity contribution in [2.45, 2.75) is 19.9 Å². The van der Waals surface area contributed by atoms with Gasteiger partial charge in [-0.2, -0.15) is 0 Å². The lowest BCUT2D eigenvalue weighted by molar-refractivity contribution is -0.128. The third-order valence-electron chi connectivity index (χ3n) is 5.70. The summed E-state index contributed by atoms with van der Waals surface area (Å²) in [4.78, 5) is 30.4. The Balaban J connectivity index is 1.82. The van der Waals surface area contributed by atoms with E-state index in [9.17, 15) is 9.59 Å². The van der Waals surface area contributed by atoms with Crippen LogP contribution in [0.3, 0.4) is 0 Å². The standard InChI is InChI=1S/C26H26N2O4/c1-17-5-9-19(10-6-17)25-26(30)27(22-14-13-21(31-3)15-23(22)32-4)16-24(29)28(25)20-11-7-18(2)8-12-20/h5-15,25H,16H2,1-4H3. The normalized spacial score (nSPS) is 16.3. The van der Waals surface area contributed by atoms with E-state index in [0.29, 0.717) is 22.9 Å². The molecule has 3 aromatic rings. The Bertz CT molecular complexity index is 1140. The molecule has 0 N–H and O–H groups in total. The van der Waals surface area contributed by atoms with Gasteiger partial charge in [0.2, 0.25) is 5.91 Å². The van der Waals surface area contributed by atoms with Crippen molar-refractivity contribution in [2.24, 2.45) is 0 Å². The zero-order chi connectivity index (χ0) is 22.8. The van der Waals surface area contributed by atoms with Gasteiger partial charge in [0.15, 0.2) is 0 Å². The number of ether oxygens (including phenoxy) is 2. The van der Waals surface area contributed by atoms with Crippen molar-refractivity contribution in [3.8, 4) is 11.5 Å². The van der Waals surface area contributed by atoms with Crippen molar-refractivity contribution in [2.75, 3.05) is 30.6 Å². The van der Waals surface area contributed by atoms with E-state index in [2.05, 4.69) is 0 Å². The molecule has 0 bridgehead atoms. The topological polar surface area (TPSA) is 59.1 Å². The van der Waals surface area contributed by atoms with Gasteiger partial charge in [-0.15, -0.1) is 0 Å². The van der Waals surface area contributed by atoms with Gasteiger partial charge in [-0.3, -0.25) is 19.4 Å². The Morgan fingerprint density at radius 2 is 1.44 bits per heavy atom. The Hall–Kier alpha value is -3.80. The molecule has 6 heteroatoms. The third-order valence-corrected chi connectivity index (χ3v) is 5.70. The highest BCUT2D eigenvalue weighted by atomic mass is 16.5. The van der Waals surface area contributed by atoms with E-state index in [0.717, 1.165) is 16.7 Å². The molecule has 1 unspecified atom stereocenters. The summed E-state index contributed by atoms with van der Waals surface area (Å²) < 4.78 is 10.8. The molecule has 1 heterocycles. The molecule has 32 heavy (non-hydrogen) atoms. The minimum Gasteiger partial charge on any atom is -0.497 e. The Morgan fingerprint density at radius 1 is 0.812 bits per heavy atom. The van der Waals surface area contributed by atoms with E-state index in [-0.39, 0.29) is 18.4 Å². The molecule has 1 saturated heterocycles. The quantitative estimate of drug-likeness (QED) is 0.600. The van der Waals surface area contributed by atoms with Gasteiger partial charge in [0.1, 0.15) is 24.1 Å². The van der Waals surface area contributed by atoms with Gasteiger partial charge in [-0.05, 0) is 43.7 Å². The molecule has 164 valence electrons. The summed E-state index contributed by atoms with van der Waals surface area (Å²) in [6.07, 6.45) is 0. The van der Waals surface area contributed by atoms with Crippen molar-refractivity contribution in [3.05, 3.63) is 83.4 Å². The second kappa shape index (κ2) is 8.75. The Morgan fingerprint density at radius 3 is 2.03 bits per heavy atom. The maximum Gasteiger partial charge on any atom is 0.255 e. The molecule has 0 aromatic heterocycles. The molecule has 1 aliphatic rings. The van der Waals surface area contributed by atoms with Crippen LogP contribution < -0.4 is 19.3 Å². The van der Waals surface area contributed by atoms with Crippen molar-refractivity contribution >= 4 is 23.2 Å². The zero-order valence-electron chi connectivity index (χ0n) is 18.7. The maximum absolute atomic E-state index is 13.9. The first kappa shape index (κ1) is 21.4. The first-order chi connectivity index (χ1) is 15.4. The Labute approximate surface area is 188 Å². The fourth-order valence-corrected chi connectivity index (χ4v) is 3.94. The molecule has 0 spiro atoms. The lowest BCUT2D eigenvalue weighted by atomic mass is 9.98. The number of hydrogen-bond acceptors (Lipinski definition) is 4. The summed E-state index contributed by atoms with van der Waals surface area (Å²) in [5, 5.41) is 0. The molecular weight excluding hydrogens is 404 g/mol. The fraction of sp³-hybridized carbons (Fsp3) is 0.231. The molecular formula is C26H26N2O4. The molecule has 1 fully saturated rings. The van der Waals surface area contributed by atoms with E-state index in [1.807, 2.05) is 62.4 Å². The number of aryl methyl sites for hydroxylation is 2. The number of carbonyl (C=O) groups excluding carboxylic acids is 2. The zero-order valence-corrected chi connectivity index (χ0v) is 18.7. The van der Waals surface area contributed by atoms with E-state index < -0.39 is 6.04 Å². The number of hydrogen-bond donors (Lipinski definition) is 0. The molecule has 2 amide bonds. The summed E-state index contributed by atoms with van der Waals surface area (Å²) in [6.45, 7) is 3.89. The second-order valence-corrected chi connectivity index (χ2v) is 7.87. The number of benzene rings is 3. The highest BCUT2D eigenvalue weighted by molar-refractivity contribution is 6.15. The van der Waals surface area contributed by atoms with E-state index in [1.165, 1.54) is 12.0 Å². The van der Waals surface area contributed by atoms with Crippen LogP contribution in [0.1, 0.15) is 22.7 Å². The van der Waals surface area contributed by atoms with Gasteiger partial charge >= 0.3 is 0 Å². The number of anilines is 2. The van der Waals surface area contributed by atoms with Crippen LogP contribution in [0.25, 0.3) is 0 Å². The van der Waals surface area contributed by atoms with Gasteiger partial charge < -0.3 is 9.47 Å². The Kier molecular flexibility index (Phi) is 5.86. The number of amides is 2. The van der Waals surface area contributed by atoms with E-state index in [1.54, 1.807) is 30.2 Å². The lowest BCUT2D eigenvalue weighted by Crippen LogP contribution is -2.56. The summed E-state index contributed by atoms with van der Waals surface area (Å²) in [7, 11) is 3.10. The predicted molar refractivity (Wildman–Crippen MR) is 124 cm³/mol. The van der Waals surface area contributed by atoms with Gasteiger partial charge in [0, 0.05) is 11.8 Å². The summed E-state index contributed by atoms with van der Waals surface area (Å²) in [5.41, 5.74) is 4.15. The van der Waals surface area contributed by atoms with Gasteiger partial charge in [-0.25, -0.2) is 0 Å². The number of nitrogens with zero attached hydrogens (tertiary/aromatic N) is 2. The van der Waals surface area contributed by atoms with Crippen LogP contribution in [0.4, 0.5) is 11.4 Å². The molecule has 1 aliphatic heterocycles. The SMILES string of the molecule is COc1ccc(N2CC(=O)N(c3ccc(C)cc3)C(c3ccc(C)cc3)C2=O)c(OC)c1. The predicted octanol–water partition coefficient (Wildman–Crippen LogP) is 4.44. The van der Waals surface area contributed by atoms with E-state index in [4.69, 9.17) is 9.47 Å². The summed E-state index contributed by atoms with van der Waals surface area (Å²) >= 11 is 0. The molecule has 0 aliphatic carbocycles. The average Bonchev–Trinajstić information content (AvgIpc) is 2.81. The first-order valence-corrected chi connectivity index (χ1v) is 10.4. The fourth-order valence-electron chi connectivity index (χ4n) is 3.94. The minimum absolute atomic E-state index is 0.0856. The average molecular weight is 431 g/mol. The van der Waals surface area contributed by atoms with Gasteiger partial charge in [0.25, 0.3) is 5.91 Å². The van der Waals surface area contributed by atoms with Gasteiger partial charge in [-0.1, -0.05) is 47.5 Å². The van der Waals surface area contributed by atoms with Crippen LogP contribution in [0.15, 0.2) is 66.7 Å². The molecule has 1 atom stereocenters. The highest BCUT2D eigenvalue weighted by Gasteiger charge is 2.42. The number of carbonyl (C=O) groups is 2. The van der Waals surface area contributed by atoms with E-state index >= 15 is 0 Å². The smallest absolute Gasteiger partial charge is 0.255 e. The van der Waals surface area contributed by atoms with Crippen LogP contribution in [-0.4, -0.2) is 32.6 Å². The minimum atomic E-state index is -0.786. The first-order valence-electron chi connectivity index (χ1n) is 10.4. The molecule has 0 saturated carbocycles. The second-order valence-electron chi connectivity index (χ2n) is 7.87. The monoisotopic (exact) mass is 430 g/mol. The van der Waals surface area contributed by atoms with Crippen molar-refractivity contribution in [1.29, 1.82) is 0 Å². The molecule has 4 rings (SSSR count). The highest BCUT2D eigenvalue weighted by Crippen LogP contribution is 2.39. The van der Waals surface area contributed by atoms with Crippen LogP contribution in [0, 0.1) is 13.8 Å². The van der Waals surface area contributed by atoms with Crippen LogP contribution in [0.5, 0.6) is 11.5 Å². The third kappa shape index (κ3) is 3.91. The number of piperazine rings is 1. The molecule has 3 aromatic carbocycles.